The molecule has 1 aliphatic heterocycles. The Kier molecular flexibility index (Phi) is 5.61. The molecule has 0 radical (unpaired) electrons. The summed E-state index contributed by atoms with van der Waals surface area (Å²) in [6.07, 6.45) is 3.52. The Morgan fingerprint density at radius 2 is 2.32 bits per heavy atom. The Balaban J connectivity index is 2.08. The highest BCUT2D eigenvalue weighted by Crippen LogP contribution is 2.23. The zero-order chi connectivity index (χ0) is 13.7. The van der Waals surface area contributed by atoms with Gasteiger partial charge >= 0.3 is 0 Å². The van der Waals surface area contributed by atoms with Crippen LogP contribution in [0.5, 0.6) is 0 Å². The molecule has 1 heterocycles. The molecule has 1 N–H and O–H groups in total. The molecule has 0 bridgehead atoms. The van der Waals surface area contributed by atoms with Gasteiger partial charge in [0.1, 0.15) is 5.82 Å². The lowest BCUT2D eigenvalue weighted by Gasteiger charge is -2.34. The van der Waals surface area contributed by atoms with Crippen LogP contribution in [-0.2, 0) is 6.54 Å². The maximum atomic E-state index is 13.5. The second-order valence-corrected chi connectivity index (χ2v) is 5.56. The van der Waals surface area contributed by atoms with Crippen LogP contribution < -0.4 is 5.32 Å². The normalized spacial score (nSPS) is 19.9. The fraction of sp³-hybridized carbons (Fsp3) is 0.600. The number of halogens is 2. The van der Waals surface area contributed by atoms with E-state index in [9.17, 15) is 4.39 Å². The van der Waals surface area contributed by atoms with Crippen molar-refractivity contribution >= 4 is 11.6 Å². The molecule has 0 saturated carbocycles. The monoisotopic (exact) mass is 284 g/mol. The van der Waals surface area contributed by atoms with E-state index in [0.29, 0.717) is 6.04 Å². The number of rotatable bonds is 5. The summed E-state index contributed by atoms with van der Waals surface area (Å²) >= 11 is 6.06. The summed E-state index contributed by atoms with van der Waals surface area (Å²) in [4.78, 5) is 2.42. The first kappa shape index (κ1) is 14.8. The third-order valence-electron chi connectivity index (χ3n) is 3.70. The second kappa shape index (κ2) is 7.22. The molecule has 1 unspecified atom stereocenters. The van der Waals surface area contributed by atoms with Crippen molar-refractivity contribution in [3.05, 3.63) is 34.6 Å². The molecule has 1 aromatic rings. The molecule has 1 aliphatic rings. The van der Waals surface area contributed by atoms with Crippen molar-refractivity contribution in [1.29, 1.82) is 0 Å². The summed E-state index contributed by atoms with van der Waals surface area (Å²) in [5.41, 5.74) is 0.890. The van der Waals surface area contributed by atoms with E-state index in [1.807, 2.05) is 6.07 Å². The van der Waals surface area contributed by atoms with Gasteiger partial charge in [-0.15, -0.1) is 0 Å². The molecule has 106 valence electrons. The van der Waals surface area contributed by atoms with Crippen LogP contribution in [0.15, 0.2) is 18.2 Å². The molecule has 1 atom stereocenters. The predicted molar refractivity (Wildman–Crippen MR) is 78.0 cm³/mol. The molecule has 2 rings (SSSR count). The molecule has 1 saturated heterocycles. The van der Waals surface area contributed by atoms with E-state index in [1.54, 1.807) is 6.07 Å². The smallest absolute Gasteiger partial charge is 0.142 e. The van der Waals surface area contributed by atoms with Crippen molar-refractivity contribution in [2.75, 3.05) is 19.6 Å². The van der Waals surface area contributed by atoms with Gasteiger partial charge in [-0.1, -0.05) is 30.7 Å². The summed E-state index contributed by atoms with van der Waals surface area (Å²) in [5.74, 6) is -0.322. The topological polar surface area (TPSA) is 15.3 Å². The predicted octanol–water partition coefficient (Wildman–Crippen LogP) is 3.44. The summed E-state index contributed by atoms with van der Waals surface area (Å²) in [7, 11) is 0. The zero-order valence-corrected chi connectivity index (χ0v) is 12.2. The molecule has 4 heteroatoms. The van der Waals surface area contributed by atoms with Gasteiger partial charge in [0, 0.05) is 19.1 Å². The number of nitrogens with one attached hydrogen (secondary N) is 1. The molecule has 2 nitrogen and oxygen atoms in total. The van der Waals surface area contributed by atoms with Crippen molar-refractivity contribution in [2.45, 2.75) is 38.8 Å². The first-order valence-corrected chi connectivity index (χ1v) is 7.47. The number of piperidine rings is 1. The van der Waals surface area contributed by atoms with Crippen LogP contribution in [0.3, 0.4) is 0 Å². The largest absolute Gasteiger partial charge is 0.315 e. The van der Waals surface area contributed by atoms with Crippen LogP contribution >= 0.6 is 11.6 Å². The molecule has 19 heavy (non-hydrogen) atoms. The summed E-state index contributed by atoms with van der Waals surface area (Å²) in [5, 5.41) is 3.71. The summed E-state index contributed by atoms with van der Waals surface area (Å²) < 4.78 is 13.5. The maximum Gasteiger partial charge on any atom is 0.142 e. The van der Waals surface area contributed by atoms with Crippen LogP contribution in [0.1, 0.15) is 31.7 Å². The van der Waals surface area contributed by atoms with Gasteiger partial charge in [0.25, 0.3) is 0 Å². The highest BCUT2D eigenvalue weighted by molar-refractivity contribution is 6.31. The lowest BCUT2D eigenvalue weighted by Crippen LogP contribution is -2.45. The quantitative estimate of drug-likeness (QED) is 0.891. The first-order valence-electron chi connectivity index (χ1n) is 7.10. The Hall–Kier alpha value is -0.640. The molecule has 1 fully saturated rings. The van der Waals surface area contributed by atoms with Gasteiger partial charge < -0.3 is 5.32 Å². The molecule has 0 amide bonds. The maximum absolute atomic E-state index is 13.5. The van der Waals surface area contributed by atoms with E-state index in [4.69, 9.17) is 11.6 Å². The van der Waals surface area contributed by atoms with Gasteiger partial charge in [-0.2, -0.15) is 0 Å². The summed E-state index contributed by atoms with van der Waals surface area (Å²) in [6, 6.07) is 5.61. The van der Waals surface area contributed by atoms with E-state index in [1.165, 1.54) is 18.9 Å². The van der Waals surface area contributed by atoms with Crippen molar-refractivity contribution in [2.24, 2.45) is 0 Å². The van der Waals surface area contributed by atoms with E-state index >= 15 is 0 Å². The molecule has 0 aliphatic carbocycles. The number of benzene rings is 1. The Morgan fingerprint density at radius 1 is 1.47 bits per heavy atom. The average molecular weight is 285 g/mol. The van der Waals surface area contributed by atoms with Crippen molar-refractivity contribution in [3.63, 3.8) is 0 Å². The fourth-order valence-electron chi connectivity index (χ4n) is 2.71. The van der Waals surface area contributed by atoms with Crippen molar-refractivity contribution in [1.82, 2.24) is 10.2 Å². The van der Waals surface area contributed by atoms with Crippen molar-refractivity contribution < 1.29 is 4.39 Å². The number of hydrogen-bond donors (Lipinski definition) is 1. The van der Waals surface area contributed by atoms with Crippen LogP contribution in [0.4, 0.5) is 4.39 Å². The van der Waals surface area contributed by atoms with E-state index in [2.05, 4.69) is 17.1 Å². The highest BCUT2D eigenvalue weighted by Gasteiger charge is 2.21. The molecular formula is C15H22ClFN2. The van der Waals surface area contributed by atoms with E-state index in [0.717, 1.165) is 38.2 Å². The third-order valence-corrected chi connectivity index (χ3v) is 4.13. The fourth-order valence-corrected chi connectivity index (χ4v) is 2.90. The van der Waals surface area contributed by atoms with Gasteiger partial charge in [0.05, 0.1) is 5.02 Å². The van der Waals surface area contributed by atoms with Gasteiger partial charge in [0.2, 0.25) is 0 Å². The Bertz CT molecular complexity index is 405. The number of nitrogens with zero attached hydrogens (tertiary/aromatic N) is 1. The summed E-state index contributed by atoms with van der Waals surface area (Å²) in [6.45, 7) is 6.07. The SMILES string of the molecule is CCCN(Cc1cccc(F)c1Cl)C1CCCNC1. The van der Waals surface area contributed by atoms with Crippen molar-refractivity contribution in [3.8, 4) is 0 Å². The Labute approximate surface area is 119 Å². The van der Waals surface area contributed by atoms with Gasteiger partial charge in [-0.3, -0.25) is 4.90 Å². The lowest BCUT2D eigenvalue weighted by atomic mass is 10.0. The minimum atomic E-state index is -0.322. The molecule has 0 aromatic heterocycles. The minimum absolute atomic E-state index is 0.271. The zero-order valence-electron chi connectivity index (χ0n) is 11.5. The molecule has 0 spiro atoms. The average Bonchev–Trinajstić information content (AvgIpc) is 2.44. The van der Waals surface area contributed by atoms with Crippen LogP contribution in [0.25, 0.3) is 0 Å². The minimum Gasteiger partial charge on any atom is -0.315 e. The van der Waals surface area contributed by atoms with Crippen LogP contribution in [0.2, 0.25) is 5.02 Å². The van der Waals surface area contributed by atoms with Crippen LogP contribution in [0, 0.1) is 5.82 Å². The van der Waals surface area contributed by atoms with E-state index in [-0.39, 0.29) is 10.8 Å². The first-order chi connectivity index (χ1) is 9.22. The van der Waals surface area contributed by atoms with Gasteiger partial charge in [0.15, 0.2) is 0 Å². The second-order valence-electron chi connectivity index (χ2n) is 5.18. The highest BCUT2D eigenvalue weighted by atomic mass is 35.5. The Morgan fingerprint density at radius 3 is 3.00 bits per heavy atom. The molecule has 1 aromatic carbocycles. The van der Waals surface area contributed by atoms with Gasteiger partial charge in [-0.05, 0) is 44.0 Å². The van der Waals surface area contributed by atoms with Gasteiger partial charge in [-0.25, -0.2) is 4.39 Å². The molecular weight excluding hydrogens is 263 g/mol. The standard InChI is InChI=1S/C15H22ClFN2/c1-2-9-19(13-6-4-8-18-10-13)11-12-5-3-7-14(17)15(12)16/h3,5,7,13,18H,2,4,6,8-11H2,1H3. The third kappa shape index (κ3) is 3.91. The lowest BCUT2D eigenvalue weighted by molar-refractivity contribution is 0.158. The number of hydrogen-bond acceptors (Lipinski definition) is 2. The van der Waals surface area contributed by atoms with E-state index < -0.39 is 0 Å². The van der Waals surface area contributed by atoms with Crippen LogP contribution in [-0.4, -0.2) is 30.6 Å².